The normalized spacial score (nSPS) is 17.7. The minimum atomic E-state index is 0.0237. The number of likely N-dealkylation sites (tertiary alicyclic amines) is 1. The Labute approximate surface area is 157 Å². The fourth-order valence-corrected chi connectivity index (χ4v) is 3.26. The average molecular weight is 362 g/mol. The molecule has 2 N–H and O–H groups in total. The molecule has 0 aromatic heterocycles. The molecular formula is C20H31N3OS. The SMILES string of the molecule is CC(C)CNC(=O)C1CCCN(C(=S)Nc2ccc(C(C)C)cc2)C1. The number of nitrogens with one attached hydrogen (secondary N) is 2. The van der Waals surface area contributed by atoms with E-state index in [9.17, 15) is 4.79 Å². The summed E-state index contributed by atoms with van der Waals surface area (Å²) in [6, 6.07) is 8.40. The number of amides is 1. The Morgan fingerprint density at radius 1 is 1.24 bits per heavy atom. The van der Waals surface area contributed by atoms with Gasteiger partial charge in [0.1, 0.15) is 0 Å². The van der Waals surface area contributed by atoms with Gasteiger partial charge in [-0.25, -0.2) is 0 Å². The fourth-order valence-electron chi connectivity index (χ4n) is 2.98. The van der Waals surface area contributed by atoms with Crippen LogP contribution in [0.15, 0.2) is 24.3 Å². The number of benzene rings is 1. The molecule has 0 radical (unpaired) electrons. The molecule has 1 aliphatic heterocycles. The number of thiocarbonyl (C=S) groups is 1. The third kappa shape index (κ3) is 5.99. The van der Waals surface area contributed by atoms with Gasteiger partial charge in [0.25, 0.3) is 0 Å². The monoisotopic (exact) mass is 361 g/mol. The van der Waals surface area contributed by atoms with Gasteiger partial charge in [-0.2, -0.15) is 0 Å². The molecule has 0 aliphatic carbocycles. The summed E-state index contributed by atoms with van der Waals surface area (Å²) in [6.07, 6.45) is 1.93. The molecule has 2 rings (SSSR count). The van der Waals surface area contributed by atoms with Gasteiger partial charge in [0.05, 0.1) is 5.92 Å². The van der Waals surface area contributed by atoms with Crippen molar-refractivity contribution in [3.63, 3.8) is 0 Å². The summed E-state index contributed by atoms with van der Waals surface area (Å²) in [4.78, 5) is 14.4. The highest BCUT2D eigenvalue weighted by molar-refractivity contribution is 7.80. The van der Waals surface area contributed by atoms with Crippen molar-refractivity contribution >= 4 is 28.9 Å². The molecule has 1 heterocycles. The van der Waals surface area contributed by atoms with E-state index in [0.717, 1.165) is 31.6 Å². The molecule has 138 valence electrons. The molecule has 1 fully saturated rings. The standard InChI is InChI=1S/C20H31N3OS/c1-14(2)12-21-19(24)17-6-5-11-23(13-17)20(25)22-18-9-7-16(8-10-18)15(3)4/h7-10,14-15,17H,5-6,11-13H2,1-4H3,(H,21,24)(H,22,25). The predicted molar refractivity (Wildman–Crippen MR) is 109 cm³/mol. The van der Waals surface area contributed by atoms with Crippen molar-refractivity contribution in [2.75, 3.05) is 25.0 Å². The van der Waals surface area contributed by atoms with Crippen LogP contribution in [0, 0.1) is 11.8 Å². The minimum absolute atomic E-state index is 0.0237. The second kappa shape index (κ2) is 9.18. The van der Waals surface area contributed by atoms with E-state index in [2.05, 4.69) is 67.5 Å². The summed E-state index contributed by atoms with van der Waals surface area (Å²) >= 11 is 5.57. The molecule has 1 unspecified atom stereocenters. The van der Waals surface area contributed by atoms with Crippen LogP contribution in [0.25, 0.3) is 0 Å². The zero-order valence-electron chi connectivity index (χ0n) is 15.8. The van der Waals surface area contributed by atoms with Gasteiger partial charge in [-0.3, -0.25) is 4.79 Å². The van der Waals surface area contributed by atoms with Crippen LogP contribution in [0.2, 0.25) is 0 Å². The van der Waals surface area contributed by atoms with Gasteiger partial charge in [0.15, 0.2) is 5.11 Å². The molecule has 0 saturated carbocycles. The molecule has 5 heteroatoms. The smallest absolute Gasteiger partial charge is 0.224 e. The summed E-state index contributed by atoms with van der Waals surface area (Å²) in [5.41, 5.74) is 2.32. The molecule has 25 heavy (non-hydrogen) atoms. The highest BCUT2D eigenvalue weighted by atomic mass is 32.1. The maximum Gasteiger partial charge on any atom is 0.224 e. The Kier molecular flexibility index (Phi) is 7.24. The Hall–Kier alpha value is -1.62. The molecular weight excluding hydrogens is 330 g/mol. The van der Waals surface area contributed by atoms with E-state index in [0.29, 0.717) is 23.5 Å². The average Bonchev–Trinajstić information content (AvgIpc) is 2.60. The molecule has 1 atom stereocenters. The van der Waals surface area contributed by atoms with E-state index in [1.807, 2.05) is 0 Å². The Bertz CT molecular complexity index is 583. The van der Waals surface area contributed by atoms with Gasteiger partial charge in [0.2, 0.25) is 5.91 Å². The van der Waals surface area contributed by atoms with Crippen molar-refractivity contribution in [3.05, 3.63) is 29.8 Å². The first-order valence-corrected chi connectivity index (χ1v) is 9.71. The van der Waals surface area contributed by atoms with E-state index in [1.165, 1.54) is 5.56 Å². The van der Waals surface area contributed by atoms with Gasteiger partial charge >= 0.3 is 0 Å². The van der Waals surface area contributed by atoms with Crippen LogP contribution < -0.4 is 10.6 Å². The fraction of sp³-hybridized carbons (Fsp3) is 0.600. The third-order valence-electron chi connectivity index (χ3n) is 4.59. The predicted octanol–water partition coefficient (Wildman–Crippen LogP) is 3.99. The number of rotatable bonds is 5. The number of piperidine rings is 1. The van der Waals surface area contributed by atoms with Crippen molar-refractivity contribution in [2.24, 2.45) is 11.8 Å². The highest BCUT2D eigenvalue weighted by Gasteiger charge is 2.27. The second-order valence-electron chi connectivity index (χ2n) is 7.63. The zero-order chi connectivity index (χ0) is 18.4. The van der Waals surface area contributed by atoms with Crippen LogP contribution >= 0.6 is 12.2 Å². The third-order valence-corrected chi connectivity index (χ3v) is 4.95. The van der Waals surface area contributed by atoms with Crippen LogP contribution in [0.1, 0.15) is 52.0 Å². The van der Waals surface area contributed by atoms with Gasteiger partial charge < -0.3 is 15.5 Å². The van der Waals surface area contributed by atoms with Crippen molar-refractivity contribution in [2.45, 2.75) is 46.5 Å². The van der Waals surface area contributed by atoms with Crippen molar-refractivity contribution in [1.29, 1.82) is 0 Å². The van der Waals surface area contributed by atoms with Crippen LogP contribution in [0.3, 0.4) is 0 Å². The molecule has 1 amide bonds. The largest absolute Gasteiger partial charge is 0.356 e. The highest BCUT2D eigenvalue weighted by Crippen LogP contribution is 2.20. The van der Waals surface area contributed by atoms with E-state index in [4.69, 9.17) is 12.2 Å². The number of hydrogen-bond acceptors (Lipinski definition) is 2. The lowest BCUT2D eigenvalue weighted by atomic mass is 9.97. The quantitative estimate of drug-likeness (QED) is 0.778. The summed E-state index contributed by atoms with van der Waals surface area (Å²) in [5.74, 6) is 1.17. The number of nitrogens with zero attached hydrogens (tertiary/aromatic N) is 1. The van der Waals surface area contributed by atoms with E-state index < -0.39 is 0 Å². The summed E-state index contributed by atoms with van der Waals surface area (Å²) in [6.45, 7) is 10.9. The molecule has 1 aliphatic rings. The Morgan fingerprint density at radius 3 is 2.52 bits per heavy atom. The second-order valence-corrected chi connectivity index (χ2v) is 8.02. The summed E-state index contributed by atoms with van der Waals surface area (Å²) < 4.78 is 0. The maximum absolute atomic E-state index is 12.3. The van der Waals surface area contributed by atoms with E-state index >= 15 is 0 Å². The summed E-state index contributed by atoms with van der Waals surface area (Å²) in [5, 5.41) is 7.07. The maximum atomic E-state index is 12.3. The van der Waals surface area contributed by atoms with E-state index in [1.54, 1.807) is 0 Å². The Morgan fingerprint density at radius 2 is 1.92 bits per heavy atom. The first-order valence-electron chi connectivity index (χ1n) is 9.30. The number of anilines is 1. The van der Waals surface area contributed by atoms with Crippen molar-refractivity contribution in [3.8, 4) is 0 Å². The molecule has 4 nitrogen and oxygen atoms in total. The molecule has 1 aromatic rings. The molecule has 1 aromatic carbocycles. The first-order chi connectivity index (χ1) is 11.9. The summed E-state index contributed by atoms with van der Waals surface area (Å²) in [7, 11) is 0. The van der Waals surface area contributed by atoms with Crippen LogP contribution in [0.4, 0.5) is 5.69 Å². The lowest BCUT2D eigenvalue weighted by Gasteiger charge is -2.34. The van der Waals surface area contributed by atoms with Gasteiger partial charge in [-0.05, 0) is 54.6 Å². The number of carbonyl (C=O) groups excluding carboxylic acids is 1. The van der Waals surface area contributed by atoms with Crippen molar-refractivity contribution in [1.82, 2.24) is 10.2 Å². The Balaban J connectivity index is 1.89. The van der Waals surface area contributed by atoms with E-state index in [-0.39, 0.29) is 11.8 Å². The molecule has 1 saturated heterocycles. The van der Waals surface area contributed by atoms with Gasteiger partial charge in [-0.1, -0.05) is 39.8 Å². The number of carbonyl (C=O) groups is 1. The van der Waals surface area contributed by atoms with Crippen LogP contribution in [-0.4, -0.2) is 35.6 Å². The van der Waals surface area contributed by atoms with Crippen LogP contribution in [0.5, 0.6) is 0 Å². The molecule has 0 bridgehead atoms. The number of hydrogen-bond donors (Lipinski definition) is 2. The minimum Gasteiger partial charge on any atom is -0.356 e. The molecule has 0 spiro atoms. The van der Waals surface area contributed by atoms with Crippen molar-refractivity contribution < 1.29 is 4.79 Å². The topological polar surface area (TPSA) is 44.4 Å². The first kappa shape index (κ1) is 19.7. The lowest BCUT2D eigenvalue weighted by molar-refractivity contribution is -0.126. The zero-order valence-corrected chi connectivity index (χ0v) is 16.7. The lowest BCUT2D eigenvalue weighted by Crippen LogP contribution is -2.47. The van der Waals surface area contributed by atoms with Gasteiger partial charge in [-0.15, -0.1) is 0 Å². The van der Waals surface area contributed by atoms with Crippen LogP contribution in [-0.2, 0) is 4.79 Å². The van der Waals surface area contributed by atoms with Gasteiger partial charge in [0, 0.05) is 25.3 Å².